The zero-order chi connectivity index (χ0) is 17.5. The summed E-state index contributed by atoms with van der Waals surface area (Å²) < 4.78 is 9.07. The number of ether oxygens (including phenoxy) is 1. The third kappa shape index (κ3) is 3.18. The largest absolute Gasteiger partial charge is 0.360 e. The van der Waals surface area contributed by atoms with E-state index in [0.29, 0.717) is 17.6 Å². The summed E-state index contributed by atoms with van der Waals surface area (Å²) in [6.45, 7) is 2.85. The molecule has 0 aliphatic carbocycles. The average molecular weight is 348 g/mol. The number of benzene rings is 1. The Labute approximate surface area is 142 Å². The quantitative estimate of drug-likeness (QED) is 0.664. The second kappa shape index (κ2) is 6.22. The van der Waals surface area contributed by atoms with Crippen molar-refractivity contribution in [3.8, 4) is 0 Å². The van der Waals surface area contributed by atoms with E-state index in [1.54, 1.807) is 9.25 Å². The van der Waals surface area contributed by atoms with Crippen molar-refractivity contribution in [1.82, 2.24) is 19.6 Å². The van der Waals surface area contributed by atoms with Gasteiger partial charge in [-0.3, -0.25) is 9.36 Å². The van der Waals surface area contributed by atoms with E-state index in [9.17, 15) is 4.79 Å². The second-order valence-electron chi connectivity index (χ2n) is 7.00. The minimum atomic E-state index is -0.611. The molecule has 6 nitrogen and oxygen atoms in total. The van der Waals surface area contributed by atoms with Crippen molar-refractivity contribution >= 4 is 32.0 Å². The molecule has 0 aliphatic heterocycles. The Kier molecular flexibility index (Phi) is 4.40. The van der Waals surface area contributed by atoms with Crippen molar-refractivity contribution in [1.29, 1.82) is 0 Å². The predicted molar refractivity (Wildman–Crippen MR) is 101 cm³/mol. The number of hydrogen-bond donors (Lipinski definition) is 0. The van der Waals surface area contributed by atoms with Crippen LogP contribution in [0.25, 0.3) is 21.9 Å². The highest BCUT2D eigenvalue weighted by molar-refractivity contribution is 8.32. The molecule has 0 unspecified atom stereocenters. The van der Waals surface area contributed by atoms with E-state index in [2.05, 4.69) is 29.1 Å². The first-order valence-electron chi connectivity index (χ1n) is 7.84. The highest BCUT2D eigenvalue weighted by Crippen LogP contribution is 2.33. The summed E-state index contributed by atoms with van der Waals surface area (Å²) in [6.07, 6.45) is 6.76. The molecule has 1 aromatic carbocycles. The van der Waals surface area contributed by atoms with Crippen LogP contribution in [0.1, 0.15) is 5.56 Å². The molecule has 0 amide bonds. The maximum absolute atomic E-state index is 12.9. The molecule has 0 N–H and O–H groups in total. The summed E-state index contributed by atoms with van der Waals surface area (Å²) in [7, 11) is 1.23. The van der Waals surface area contributed by atoms with Crippen LogP contribution >= 0.6 is 10.0 Å². The molecule has 3 aromatic rings. The van der Waals surface area contributed by atoms with E-state index in [4.69, 9.17) is 4.74 Å². The fourth-order valence-corrected chi connectivity index (χ4v) is 3.31. The lowest BCUT2D eigenvalue weighted by atomic mass is 10.1. The normalized spacial score (nSPS) is 13.0. The number of rotatable bonds is 5. The highest BCUT2D eigenvalue weighted by atomic mass is 32.3. The third-order valence-electron chi connectivity index (χ3n) is 4.03. The Balaban J connectivity index is 2.05. The number of fused-ring (bicyclic) bond motifs is 3. The molecule has 0 spiro atoms. The van der Waals surface area contributed by atoms with Gasteiger partial charge in [-0.1, -0.05) is 16.8 Å². The molecule has 0 atom stereocenters. The first-order valence-corrected chi connectivity index (χ1v) is 10.9. The van der Waals surface area contributed by atoms with Gasteiger partial charge in [0.05, 0.1) is 6.61 Å². The molecule has 24 heavy (non-hydrogen) atoms. The predicted octanol–water partition coefficient (Wildman–Crippen LogP) is 2.26. The number of nitrogens with zero attached hydrogens (tertiary/aromatic N) is 4. The zero-order valence-corrected chi connectivity index (χ0v) is 15.7. The SMILES string of the molecule is Cc1ccc2c(=O)n(COCCS(C)(C)C)c3nnn(C)c3c2c1. The van der Waals surface area contributed by atoms with E-state index in [0.717, 1.165) is 22.2 Å². The van der Waals surface area contributed by atoms with E-state index in [1.807, 2.05) is 32.2 Å². The van der Waals surface area contributed by atoms with Crippen LogP contribution in [0.2, 0.25) is 0 Å². The average Bonchev–Trinajstić information content (AvgIpc) is 2.87. The summed E-state index contributed by atoms with van der Waals surface area (Å²) in [5, 5.41) is 9.84. The van der Waals surface area contributed by atoms with Crippen LogP contribution in [-0.2, 0) is 18.5 Å². The van der Waals surface area contributed by atoms with Gasteiger partial charge in [-0.2, -0.15) is 0 Å². The molecular formula is C17H24N4O2S. The number of aryl methyl sites for hydroxylation is 2. The van der Waals surface area contributed by atoms with Crippen LogP contribution in [0.4, 0.5) is 0 Å². The van der Waals surface area contributed by atoms with Gasteiger partial charge in [0.25, 0.3) is 5.56 Å². The summed E-state index contributed by atoms with van der Waals surface area (Å²) >= 11 is 0. The smallest absolute Gasteiger partial charge is 0.262 e. The fourth-order valence-electron chi connectivity index (χ4n) is 2.69. The number of pyridine rings is 1. The van der Waals surface area contributed by atoms with Crippen molar-refractivity contribution in [3.05, 3.63) is 34.1 Å². The minimum Gasteiger partial charge on any atom is -0.360 e. The van der Waals surface area contributed by atoms with Gasteiger partial charge in [0, 0.05) is 23.6 Å². The molecule has 0 bridgehead atoms. The first kappa shape index (κ1) is 17.0. The van der Waals surface area contributed by atoms with E-state index in [-0.39, 0.29) is 12.3 Å². The van der Waals surface area contributed by atoms with Crippen LogP contribution < -0.4 is 5.56 Å². The fraction of sp³-hybridized carbons (Fsp3) is 0.471. The lowest BCUT2D eigenvalue weighted by Crippen LogP contribution is -2.23. The number of hydrogen-bond acceptors (Lipinski definition) is 4. The second-order valence-corrected chi connectivity index (χ2v) is 11.6. The van der Waals surface area contributed by atoms with Crippen LogP contribution in [0, 0.1) is 6.92 Å². The van der Waals surface area contributed by atoms with Gasteiger partial charge in [0.1, 0.15) is 12.2 Å². The lowest BCUT2D eigenvalue weighted by molar-refractivity contribution is 0.0902. The Morgan fingerprint density at radius 1 is 1.21 bits per heavy atom. The van der Waals surface area contributed by atoms with Crippen molar-refractivity contribution in [3.63, 3.8) is 0 Å². The molecule has 0 aliphatic rings. The van der Waals surface area contributed by atoms with Crippen molar-refractivity contribution in [2.45, 2.75) is 13.7 Å². The Hall–Kier alpha value is -1.86. The lowest BCUT2D eigenvalue weighted by Gasteiger charge is -2.24. The van der Waals surface area contributed by atoms with Crippen molar-refractivity contribution < 1.29 is 4.74 Å². The zero-order valence-electron chi connectivity index (χ0n) is 14.9. The van der Waals surface area contributed by atoms with E-state index >= 15 is 0 Å². The van der Waals surface area contributed by atoms with Gasteiger partial charge in [-0.15, -0.1) is 5.10 Å². The topological polar surface area (TPSA) is 61.9 Å². The van der Waals surface area contributed by atoms with Crippen molar-refractivity contribution in [2.75, 3.05) is 31.1 Å². The van der Waals surface area contributed by atoms with Gasteiger partial charge < -0.3 is 4.74 Å². The number of aromatic nitrogens is 4. The van der Waals surface area contributed by atoms with Crippen LogP contribution in [0.3, 0.4) is 0 Å². The van der Waals surface area contributed by atoms with Gasteiger partial charge in [-0.25, -0.2) is 14.7 Å². The van der Waals surface area contributed by atoms with E-state index < -0.39 is 10.0 Å². The molecule has 2 heterocycles. The maximum atomic E-state index is 12.9. The first-order chi connectivity index (χ1) is 11.3. The monoisotopic (exact) mass is 348 g/mol. The Morgan fingerprint density at radius 2 is 1.96 bits per heavy atom. The molecule has 0 saturated heterocycles. The Morgan fingerprint density at radius 3 is 2.67 bits per heavy atom. The summed E-state index contributed by atoms with van der Waals surface area (Å²) in [5.41, 5.74) is 2.45. The Bertz CT molecular complexity index is 953. The minimum absolute atomic E-state index is 0.0823. The molecule has 2 aromatic heterocycles. The van der Waals surface area contributed by atoms with Gasteiger partial charge in [0.2, 0.25) is 0 Å². The standard InChI is InChI=1S/C17H24N4O2S/c1-12-6-7-13-14(10-12)15-16(18-19-20(15)2)21(17(13)22)11-23-8-9-24(3,4)5/h6-7,10H,8-9,11H2,1-5H3. The summed E-state index contributed by atoms with van der Waals surface area (Å²) in [4.78, 5) is 12.9. The van der Waals surface area contributed by atoms with E-state index in [1.165, 1.54) is 0 Å². The van der Waals surface area contributed by atoms with Crippen LogP contribution in [-0.4, -0.2) is 50.7 Å². The van der Waals surface area contributed by atoms with Crippen LogP contribution in [0.15, 0.2) is 23.0 Å². The summed E-state index contributed by atoms with van der Waals surface area (Å²) in [6, 6.07) is 5.83. The third-order valence-corrected chi connectivity index (χ3v) is 5.42. The van der Waals surface area contributed by atoms with Gasteiger partial charge >= 0.3 is 0 Å². The molecule has 3 rings (SSSR count). The molecule has 0 saturated carbocycles. The van der Waals surface area contributed by atoms with Crippen molar-refractivity contribution in [2.24, 2.45) is 7.05 Å². The molecular weight excluding hydrogens is 324 g/mol. The molecule has 0 radical (unpaired) electrons. The van der Waals surface area contributed by atoms with Gasteiger partial charge in [-0.05, 0) is 37.8 Å². The maximum Gasteiger partial charge on any atom is 0.262 e. The van der Waals surface area contributed by atoms with Crippen LogP contribution in [0.5, 0.6) is 0 Å². The summed E-state index contributed by atoms with van der Waals surface area (Å²) in [5.74, 6) is 1.01. The molecule has 7 heteroatoms. The molecule has 130 valence electrons. The molecule has 0 fully saturated rings. The van der Waals surface area contributed by atoms with Gasteiger partial charge in [0.15, 0.2) is 5.65 Å². The highest BCUT2D eigenvalue weighted by Gasteiger charge is 2.16.